The van der Waals surface area contributed by atoms with Gasteiger partial charge in [-0.2, -0.15) is 5.26 Å². The zero-order valence-corrected chi connectivity index (χ0v) is 9.65. The minimum absolute atomic E-state index is 0.0725. The summed E-state index contributed by atoms with van der Waals surface area (Å²) in [6, 6.07) is 11.4. The van der Waals surface area contributed by atoms with E-state index in [2.05, 4.69) is 13.0 Å². The molecule has 0 aromatic heterocycles. The van der Waals surface area contributed by atoms with Gasteiger partial charge in [0.2, 0.25) is 0 Å². The summed E-state index contributed by atoms with van der Waals surface area (Å²) >= 11 is 0. The van der Waals surface area contributed by atoms with Crippen LogP contribution in [0.4, 0.5) is 0 Å². The van der Waals surface area contributed by atoms with Crippen LogP contribution in [0.1, 0.15) is 43.0 Å². The lowest BCUT2D eigenvalue weighted by Crippen LogP contribution is -2.07. The van der Waals surface area contributed by atoms with Crippen molar-refractivity contribution in [1.29, 1.82) is 5.26 Å². The van der Waals surface area contributed by atoms with Crippen molar-refractivity contribution in [3.8, 4) is 6.07 Å². The van der Waals surface area contributed by atoms with Gasteiger partial charge in [-0.05, 0) is 6.42 Å². The third-order valence-electron chi connectivity index (χ3n) is 2.62. The summed E-state index contributed by atoms with van der Waals surface area (Å²) in [7, 11) is 0. The van der Waals surface area contributed by atoms with Crippen LogP contribution in [0.15, 0.2) is 30.3 Å². The zero-order chi connectivity index (χ0) is 11.8. The molecule has 0 saturated carbocycles. The summed E-state index contributed by atoms with van der Waals surface area (Å²) in [6.45, 7) is 2.09. The second-order valence-corrected chi connectivity index (χ2v) is 3.96. The first-order chi connectivity index (χ1) is 7.77. The highest BCUT2D eigenvalue weighted by atomic mass is 16.1. The highest BCUT2D eigenvalue weighted by molar-refractivity contribution is 5.96. The Hall–Kier alpha value is -1.62. The van der Waals surface area contributed by atoms with E-state index >= 15 is 0 Å². The molecule has 0 saturated heterocycles. The molecular formula is C14H17NO. The Morgan fingerprint density at radius 3 is 2.62 bits per heavy atom. The second kappa shape index (κ2) is 6.79. The number of nitriles is 1. The highest BCUT2D eigenvalue weighted by Crippen LogP contribution is 2.15. The van der Waals surface area contributed by atoms with Crippen molar-refractivity contribution in [3.63, 3.8) is 0 Å². The number of rotatable bonds is 6. The number of Topliss-reactive ketones (excluding diaryl/α,β-unsaturated/α-hetero) is 1. The smallest absolute Gasteiger partial charge is 0.164 e. The van der Waals surface area contributed by atoms with Gasteiger partial charge in [-0.15, -0.1) is 0 Å². The van der Waals surface area contributed by atoms with Crippen molar-refractivity contribution >= 4 is 5.78 Å². The van der Waals surface area contributed by atoms with Crippen LogP contribution in [-0.4, -0.2) is 5.78 Å². The summed E-state index contributed by atoms with van der Waals surface area (Å²) in [5.41, 5.74) is 0.708. The molecule has 16 heavy (non-hydrogen) atoms. The largest absolute Gasteiger partial charge is 0.294 e. The van der Waals surface area contributed by atoms with Gasteiger partial charge in [-0.3, -0.25) is 4.79 Å². The first-order valence-electron chi connectivity index (χ1n) is 5.75. The van der Waals surface area contributed by atoms with Gasteiger partial charge in [0.1, 0.15) is 0 Å². The van der Waals surface area contributed by atoms with Gasteiger partial charge in [0.25, 0.3) is 0 Å². The van der Waals surface area contributed by atoms with E-state index in [9.17, 15) is 4.79 Å². The Bertz CT molecular complexity index is 364. The van der Waals surface area contributed by atoms with Gasteiger partial charge in [0.05, 0.1) is 12.0 Å². The summed E-state index contributed by atoms with van der Waals surface area (Å²) in [4.78, 5) is 11.8. The number of hydrogen-bond acceptors (Lipinski definition) is 2. The number of hydrogen-bond donors (Lipinski definition) is 0. The van der Waals surface area contributed by atoms with Crippen LogP contribution in [-0.2, 0) is 0 Å². The lowest BCUT2D eigenvalue weighted by atomic mass is 9.95. The molecule has 0 radical (unpaired) electrons. The van der Waals surface area contributed by atoms with Crippen molar-refractivity contribution in [2.75, 3.05) is 0 Å². The lowest BCUT2D eigenvalue weighted by molar-refractivity contribution is 0.0968. The van der Waals surface area contributed by atoms with E-state index < -0.39 is 0 Å². The fourth-order valence-electron chi connectivity index (χ4n) is 1.63. The molecule has 0 fully saturated rings. The zero-order valence-electron chi connectivity index (χ0n) is 9.65. The summed E-state index contributed by atoms with van der Waals surface area (Å²) < 4.78 is 0. The van der Waals surface area contributed by atoms with Crippen LogP contribution in [0.5, 0.6) is 0 Å². The molecule has 0 spiro atoms. The lowest BCUT2D eigenvalue weighted by Gasteiger charge is -2.07. The van der Waals surface area contributed by atoms with Crippen LogP contribution >= 0.6 is 0 Å². The van der Waals surface area contributed by atoms with Crippen molar-refractivity contribution < 1.29 is 4.79 Å². The van der Waals surface area contributed by atoms with Crippen molar-refractivity contribution in [2.45, 2.75) is 32.6 Å². The molecule has 1 atom stereocenters. The van der Waals surface area contributed by atoms with E-state index in [0.717, 1.165) is 19.3 Å². The maximum atomic E-state index is 11.8. The molecular weight excluding hydrogens is 198 g/mol. The van der Waals surface area contributed by atoms with Gasteiger partial charge >= 0.3 is 0 Å². The van der Waals surface area contributed by atoms with Gasteiger partial charge in [0.15, 0.2) is 5.78 Å². The van der Waals surface area contributed by atoms with Crippen molar-refractivity contribution in [1.82, 2.24) is 0 Å². The number of ketones is 1. The minimum Gasteiger partial charge on any atom is -0.294 e. The van der Waals surface area contributed by atoms with Crippen LogP contribution in [0.2, 0.25) is 0 Å². The van der Waals surface area contributed by atoms with Crippen LogP contribution in [0.3, 0.4) is 0 Å². The normalized spacial score (nSPS) is 11.8. The number of carbonyl (C=O) groups excluding carboxylic acids is 1. The van der Waals surface area contributed by atoms with E-state index in [-0.39, 0.29) is 11.7 Å². The quantitative estimate of drug-likeness (QED) is 0.680. The van der Waals surface area contributed by atoms with Crippen LogP contribution < -0.4 is 0 Å². The molecule has 0 aliphatic carbocycles. The Kier molecular flexibility index (Phi) is 5.28. The SMILES string of the molecule is CCCCC(C#N)CC(=O)c1ccccc1. The molecule has 2 heteroatoms. The predicted octanol–water partition coefficient (Wildman–Crippen LogP) is 3.59. The summed E-state index contributed by atoms with van der Waals surface area (Å²) in [5, 5.41) is 8.95. The Morgan fingerprint density at radius 2 is 2.06 bits per heavy atom. The minimum atomic E-state index is -0.132. The van der Waals surface area contributed by atoms with E-state index in [0.29, 0.717) is 12.0 Å². The number of carbonyl (C=O) groups is 1. The van der Waals surface area contributed by atoms with E-state index in [1.54, 1.807) is 12.1 Å². The van der Waals surface area contributed by atoms with E-state index in [1.165, 1.54) is 0 Å². The number of unbranched alkanes of at least 4 members (excludes halogenated alkanes) is 1. The molecule has 1 aromatic rings. The Labute approximate surface area is 96.9 Å². The van der Waals surface area contributed by atoms with Crippen molar-refractivity contribution in [2.24, 2.45) is 5.92 Å². The predicted molar refractivity (Wildman–Crippen MR) is 64.0 cm³/mol. The topological polar surface area (TPSA) is 40.9 Å². The van der Waals surface area contributed by atoms with E-state index in [1.807, 2.05) is 18.2 Å². The molecule has 1 unspecified atom stereocenters. The third-order valence-corrected chi connectivity index (χ3v) is 2.62. The third kappa shape index (κ3) is 3.86. The van der Waals surface area contributed by atoms with Crippen molar-refractivity contribution in [3.05, 3.63) is 35.9 Å². The molecule has 0 heterocycles. The average Bonchev–Trinajstić information content (AvgIpc) is 2.35. The van der Waals surface area contributed by atoms with Gasteiger partial charge in [-0.1, -0.05) is 50.1 Å². The monoisotopic (exact) mass is 215 g/mol. The molecule has 0 aliphatic heterocycles. The van der Waals surface area contributed by atoms with Gasteiger partial charge < -0.3 is 0 Å². The number of nitrogens with zero attached hydrogens (tertiary/aromatic N) is 1. The van der Waals surface area contributed by atoms with Gasteiger partial charge in [0, 0.05) is 12.0 Å². The molecule has 0 N–H and O–H groups in total. The average molecular weight is 215 g/mol. The summed E-state index contributed by atoms with van der Waals surface area (Å²) in [5.74, 6) is -0.0593. The fraction of sp³-hybridized carbons (Fsp3) is 0.429. The first-order valence-corrected chi connectivity index (χ1v) is 5.75. The van der Waals surface area contributed by atoms with Gasteiger partial charge in [-0.25, -0.2) is 0 Å². The number of benzene rings is 1. The van der Waals surface area contributed by atoms with E-state index in [4.69, 9.17) is 5.26 Å². The maximum absolute atomic E-state index is 11.8. The van der Waals surface area contributed by atoms with Crippen LogP contribution in [0.25, 0.3) is 0 Å². The molecule has 84 valence electrons. The fourth-order valence-corrected chi connectivity index (χ4v) is 1.63. The molecule has 0 aliphatic rings. The first kappa shape index (κ1) is 12.4. The highest BCUT2D eigenvalue weighted by Gasteiger charge is 2.13. The Morgan fingerprint density at radius 1 is 1.38 bits per heavy atom. The molecule has 2 nitrogen and oxygen atoms in total. The Balaban J connectivity index is 2.53. The maximum Gasteiger partial charge on any atom is 0.164 e. The molecule has 0 bridgehead atoms. The molecule has 0 amide bonds. The molecule has 1 rings (SSSR count). The van der Waals surface area contributed by atoms with Crippen LogP contribution in [0, 0.1) is 17.2 Å². The molecule has 1 aromatic carbocycles. The summed E-state index contributed by atoms with van der Waals surface area (Å²) in [6.07, 6.45) is 3.25. The standard InChI is InChI=1S/C14H17NO/c1-2-3-7-12(11-15)10-14(16)13-8-5-4-6-9-13/h4-6,8-9,12H,2-3,7,10H2,1H3. The second-order valence-electron chi connectivity index (χ2n) is 3.96.